The maximum atomic E-state index is 12.4. The number of hydrogen-bond acceptors (Lipinski definition) is 4. The highest BCUT2D eigenvalue weighted by molar-refractivity contribution is 6.04. The molecule has 0 heterocycles. The molecule has 0 fully saturated rings. The number of anilines is 1. The van der Waals surface area contributed by atoms with E-state index in [0.29, 0.717) is 17.9 Å². The molecule has 110 valence electrons. The Morgan fingerprint density at radius 1 is 1.10 bits per heavy atom. The Balaban J connectivity index is 2.22. The first-order valence-corrected chi connectivity index (χ1v) is 6.56. The lowest BCUT2D eigenvalue weighted by molar-refractivity contribution is 0.0773. The lowest BCUT2D eigenvalue weighted by Gasteiger charge is -2.20. The minimum Gasteiger partial charge on any atom is -0.508 e. The first-order valence-electron chi connectivity index (χ1n) is 6.56. The van der Waals surface area contributed by atoms with Gasteiger partial charge in [0.1, 0.15) is 11.5 Å². The molecule has 2 rings (SSSR count). The van der Waals surface area contributed by atoms with Crippen LogP contribution in [0.1, 0.15) is 17.3 Å². The molecule has 0 aromatic heterocycles. The summed E-state index contributed by atoms with van der Waals surface area (Å²) in [6.45, 7) is 2.49. The zero-order chi connectivity index (χ0) is 15.2. The largest absolute Gasteiger partial charge is 0.508 e. The van der Waals surface area contributed by atoms with Gasteiger partial charge in [-0.3, -0.25) is 9.63 Å². The number of benzene rings is 2. The van der Waals surface area contributed by atoms with E-state index in [1.165, 1.54) is 36.4 Å². The lowest BCUT2D eigenvalue weighted by Crippen LogP contribution is -2.29. The molecule has 21 heavy (non-hydrogen) atoms. The number of hydrogen-bond donors (Lipinski definition) is 1. The van der Waals surface area contributed by atoms with Gasteiger partial charge in [0.25, 0.3) is 5.91 Å². The van der Waals surface area contributed by atoms with Crippen LogP contribution in [0.25, 0.3) is 0 Å². The van der Waals surface area contributed by atoms with Gasteiger partial charge < -0.3 is 9.84 Å². The van der Waals surface area contributed by atoms with Crippen molar-refractivity contribution in [2.45, 2.75) is 6.92 Å². The van der Waals surface area contributed by atoms with Crippen LogP contribution in [0.4, 0.5) is 5.69 Å². The summed E-state index contributed by atoms with van der Waals surface area (Å²) in [5, 5.41) is 10.4. The Kier molecular flexibility index (Phi) is 4.79. The molecule has 0 atom stereocenters. The first-order chi connectivity index (χ1) is 10.2. The van der Waals surface area contributed by atoms with Crippen molar-refractivity contribution in [1.29, 1.82) is 0 Å². The number of phenolic OH excluding ortho intramolecular Hbond substituents is 1. The molecular formula is C16H17NO4. The summed E-state index contributed by atoms with van der Waals surface area (Å²) in [4.78, 5) is 17.5. The van der Waals surface area contributed by atoms with Crippen molar-refractivity contribution < 1.29 is 19.5 Å². The van der Waals surface area contributed by atoms with Crippen LogP contribution in [0, 0.1) is 0 Å². The molecule has 0 aliphatic carbocycles. The van der Waals surface area contributed by atoms with Crippen molar-refractivity contribution in [3.8, 4) is 11.5 Å². The average Bonchev–Trinajstić information content (AvgIpc) is 2.50. The molecule has 2 aromatic rings. The van der Waals surface area contributed by atoms with Gasteiger partial charge in [0.15, 0.2) is 0 Å². The van der Waals surface area contributed by atoms with Crippen LogP contribution in [0.5, 0.6) is 11.5 Å². The molecular weight excluding hydrogens is 270 g/mol. The minimum atomic E-state index is -0.318. The fourth-order valence-corrected chi connectivity index (χ4v) is 1.87. The summed E-state index contributed by atoms with van der Waals surface area (Å²) in [5.74, 6) is 0.521. The zero-order valence-corrected chi connectivity index (χ0v) is 11.9. The second-order valence-electron chi connectivity index (χ2n) is 4.26. The standard InChI is InChI=1S/C16H17NO4/c1-3-21-15-10-6-13(7-11-15)17(20-2)16(19)12-4-8-14(18)9-5-12/h4-11,18H,3H2,1-2H3. The number of amides is 1. The van der Waals surface area contributed by atoms with Crippen molar-refractivity contribution in [3.63, 3.8) is 0 Å². The van der Waals surface area contributed by atoms with Crippen LogP contribution in [0.2, 0.25) is 0 Å². The van der Waals surface area contributed by atoms with E-state index >= 15 is 0 Å². The van der Waals surface area contributed by atoms with Gasteiger partial charge in [-0.25, -0.2) is 0 Å². The molecule has 0 aliphatic heterocycles. The highest BCUT2D eigenvalue weighted by Crippen LogP contribution is 2.22. The Hall–Kier alpha value is -2.53. The van der Waals surface area contributed by atoms with Crippen LogP contribution in [0.15, 0.2) is 48.5 Å². The maximum absolute atomic E-state index is 12.4. The van der Waals surface area contributed by atoms with Crippen molar-refractivity contribution in [2.75, 3.05) is 18.8 Å². The van der Waals surface area contributed by atoms with E-state index in [2.05, 4.69) is 0 Å². The molecule has 0 aliphatic rings. The normalized spacial score (nSPS) is 10.2. The third-order valence-corrected chi connectivity index (χ3v) is 2.86. The van der Waals surface area contributed by atoms with Crippen molar-refractivity contribution in [3.05, 3.63) is 54.1 Å². The van der Waals surface area contributed by atoms with Crippen LogP contribution in [-0.4, -0.2) is 24.7 Å². The van der Waals surface area contributed by atoms with Gasteiger partial charge in [-0.1, -0.05) is 0 Å². The van der Waals surface area contributed by atoms with Gasteiger partial charge in [-0.05, 0) is 55.5 Å². The topological polar surface area (TPSA) is 59.0 Å². The molecule has 0 saturated carbocycles. The van der Waals surface area contributed by atoms with Crippen LogP contribution in [0.3, 0.4) is 0 Å². The van der Waals surface area contributed by atoms with Crippen LogP contribution >= 0.6 is 0 Å². The van der Waals surface area contributed by atoms with E-state index in [4.69, 9.17) is 9.57 Å². The molecule has 1 amide bonds. The molecule has 0 bridgehead atoms. The van der Waals surface area contributed by atoms with Crippen molar-refractivity contribution in [2.24, 2.45) is 0 Å². The Bertz CT molecular complexity index is 593. The number of ether oxygens (including phenoxy) is 1. The van der Waals surface area contributed by atoms with E-state index in [0.717, 1.165) is 5.75 Å². The monoisotopic (exact) mass is 287 g/mol. The summed E-state index contributed by atoms with van der Waals surface area (Å²) in [7, 11) is 1.43. The van der Waals surface area contributed by atoms with Gasteiger partial charge in [0.2, 0.25) is 0 Å². The lowest BCUT2D eigenvalue weighted by atomic mass is 10.2. The number of aromatic hydroxyl groups is 1. The van der Waals surface area contributed by atoms with E-state index < -0.39 is 0 Å². The molecule has 0 saturated heterocycles. The molecule has 0 unspecified atom stereocenters. The fourth-order valence-electron chi connectivity index (χ4n) is 1.87. The van der Waals surface area contributed by atoms with E-state index in [1.54, 1.807) is 24.3 Å². The Morgan fingerprint density at radius 3 is 2.24 bits per heavy atom. The molecule has 0 spiro atoms. The predicted molar refractivity (Wildman–Crippen MR) is 79.5 cm³/mol. The Morgan fingerprint density at radius 2 is 1.71 bits per heavy atom. The van der Waals surface area contributed by atoms with Gasteiger partial charge in [0, 0.05) is 5.56 Å². The quantitative estimate of drug-likeness (QED) is 0.859. The van der Waals surface area contributed by atoms with Gasteiger partial charge in [0.05, 0.1) is 19.4 Å². The fraction of sp³-hybridized carbons (Fsp3) is 0.188. The second-order valence-corrected chi connectivity index (χ2v) is 4.26. The van der Waals surface area contributed by atoms with Crippen molar-refractivity contribution >= 4 is 11.6 Å². The van der Waals surface area contributed by atoms with E-state index in [9.17, 15) is 9.90 Å². The molecule has 1 N–H and O–H groups in total. The summed E-state index contributed by atoms with van der Waals surface area (Å²) in [6, 6.07) is 13.0. The maximum Gasteiger partial charge on any atom is 0.282 e. The summed E-state index contributed by atoms with van der Waals surface area (Å²) in [6.07, 6.45) is 0. The van der Waals surface area contributed by atoms with Gasteiger partial charge >= 0.3 is 0 Å². The predicted octanol–water partition coefficient (Wildman–Crippen LogP) is 3.00. The van der Waals surface area contributed by atoms with Gasteiger partial charge in [-0.15, -0.1) is 0 Å². The highest BCUT2D eigenvalue weighted by Gasteiger charge is 2.17. The number of carbonyl (C=O) groups is 1. The highest BCUT2D eigenvalue weighted by atomic mass is 16.7. The van der Waals surface area contributed by atoms with Crippen molar-refractivity contribution in [1.82, 2.24) is 0 Å². The number of hydroxylamine groups is 1. The van der Waals surface area contributed by atoms with E-state index in [1.807, 2.05) is 6.92 Å². The third kappa shape index (κ3) is 3.52. The molecule has 5 nitrogen and oxygen atoms in total. The minimum absolute atomic E-state index is 0.108. The first kappa shape index (κ1) is 14.9. The summed E-state index contributed by atoms with van der Waals surface area (Å²) < 4.78 is 5.36. The number of rotatable bonds is 5. The number of phenols is 1. The Labute approximate surface area is 123 Å². The average molecular weight is 287 g/mol. The summed E-state index contributed by atoms with van der Waals surface area (Å²) >= 11 is 0. The molecule has 0 radical (unpaired) electrons. The van der Waals surface area contributed by atoms with Crippen LogP contribution in [-0.2, 0) is 4.84 Å². The van der Waals surface area contributed by atoms with Gasteiger partial charge in [-0.2, -0.15) is 5.06 Å². The third-order valence-electron chi connectivity index (χ3n) is 2.86. The number of carbonyl (C=O) groups excluding carboxylic acids is 1. The molecule has 2 aromatic carbocycles. The SMILES string of the molecule is CCOc1ccc(N(OC)C(=O)c2ccc(O)cc2)cc1. The molecule has 5 heteroatoms. The number of nitrogens with zero attached hydrogens (tertiary/aromatic N) is 1. The zero-order valence-electron chi connectivity index (χ0n) is 11.9. The van der Waals surface area contributed by atoms with E-state index in [-0.39, 0.29) is 11.7 Å². The summed E-state index contributed by atoms with van der Waals surface area (Å²) in [5.41, 5.74) is 1.02. The smallest absolute Gasteiger partial charge is 0.282 e. The second kappa shape index (κ2) is 6.76. The van der Waals surface area contributed by atoms with Crippen LogP contribution < -0.4 is 9.80 Å².